The zero-order valence-corrected chi connectivity index (χ0v) is 18.3. The molecule has 0 bridgehead atoms. The second-order valence-corrected chi connectivity index (χ2v) is 8.55. The van der Waals surface area contributed by atoms with E-state index in [0.29, 0.717) is 5.56 Å². The SMILES string of the molecule is COc1c(Cl)cc(Cl)cc1/C(O)=C1\C(=O)C(=O)N(C2CCCC2)C1c1cccc(O)c1. The summed E-state index contributed by atoms with van der Waals surface area (Å²) in [5.74, 6) is -1.75. The number of hydrogen-bond donors (Lipinski definition) is 2. The van der Waals surface area contributed by atoms with Gasteiger partial charge in [-0.25, -0.2) is 0 Å². The highest BCUT2D eigenvalue weighted by molar-refractivity contribution is 6.47. The monoisotopic (exact) mass is 461 g/mol. The van der Waals surface area contributed by atoms with Gasteiger partial charge in [0.05, 0.1) is 29.3 Å². The standard InChI is InChI=1S/C23H21Cl2NO5/c1-31-22-16(10-13(24)11-17(22)25)20(28)18-19(12-5-4-8-15(27)9-12)26(23(30)21(18)29)14-6-2-3-7-14/h4-5,8-11,14,19,27-28H,2-3,6-7H2,1H3/b20-18+. The first-order valence-electron chi connectivity index (χ1n) is 9.96. The van der Waals surface area contributed by atoms with E-state index in [1.165, 1.54) is 36.3 Å². The van der Waals surface area contributed by atoms with Crippen LogP contribution in [0.5, 0.6) is 11.5 Å². The third-order valence-electron chi connectivity index (χ3n) is 5.85. The number of benzene rings is 2. The molecule has 31 heavy (non-hydrogen) atoms. The number of aliphatic hydroxyl groups excluding tert-OH is 1. The molecule has 1 saturated heterocycles. The molecule has 2 fully saturated rings. The third-order valence-corrected chi connectivity index (χ3v) is 6.35. The average Bonchev–Trinajstić information content (AvgIpc) is 3.34. The Balaban J connectivity index is 1.96. The van der Waals surface area contributed by atoms with Crippen molar-refractivity contribution in [1.82, 2.24) is 4.90 Å². The second-order valence-electron chi connectivity index (χ2n) is 7.71. The summed E-state index contributed by atoms with van der Waals surface area (Å²) in [6.45, 7) is 0. The summed E-state index contributed by atoms with van der Waals surface area (Å²) >= 11 is 12.4. The van der Waals surface area contributed by atoms with E-state index in [2.05, 4.69) is 0 Å². The van der Waals surface area contributed by atoms with Gasteiger partial charge in [0.25, 0.3) is 11.7 Å². The Hall–Kier alpha value is -2.70. The molecule has 1 amide bonds. The molecule has 0 radical (unpaired) electrons. The Bertz CT molecular complexity index is 1090. The number of amides is 1. The van der Waals surface area contributed by atoms with Gasteiger partial charge in [0.1, 0.15) is 17.3 Å². The number of hydrogen-bond acceptors (Lipinski definition) is 5. The molecule has 1 heterocycles. The lowest BCUT2D eigenvalue weighted by molar-refractivity contribution is -0.141. The van der Waals surface area contributed by atoms with Gasteiger partial charge in [0.15, 0.2) is 0 Å². The number of phenolic OH excluding ortho intramolecular Hbond substituents is 1. The molecular weight excluding hydrogens is 441 g/mol. The molecule has 6 nitrogen and oxygen atoms in total. The van der Waals surface area contributed by atoms with Crippen LogP contribution in [0, 0.1) is 0 Å². The molecule has 0 spiro atoms. The number of ketones is 1. The number of likely N-dealkylation sites (tertiary alicyclic amines) is 1. The fraction of sp³-hybridized carbons (Fsp3) is 0.304. The highest BCUT2D eigenvalue weighted by Crippen LogP contribution is 2.46. The third kappa shape index (κ3) is 3.75. The Morgan fingerprint density at radius 3 is 2.48 bits per heavy atom. The van der Waals surface area contributed by atoms with E-state index in [1.54, 1.807) is 12.1 Å². The van der Waals surface area contributed by atoms with E-state index in [9.17, 15) is 19.8 Å². The highest BCUT2D eigenvalue weighted by atomic mass is 35.5. The number of nitrogens with zero attached hydrogens (tertiary/aromatic N) is 1. The van der Waals surface area contributed by atoms with Gasteiger partial charge >= 0.3 is 0 Å². The maximum atomic E-state index is 13.1. The summed E-state index contributed by atoms with van der Waals surface area (Å²) in [6.07, 6.45) is 3.46. The smallest absolute Gasteiger partial charge is 0.295 e. The summed E-state index contributed by atoms with van der Waals surface area (Å²) < 4.78 is 5.33. The number of carbonyl (C=O) groups is 2. The largest absolute Gasteiger partial charge is 0.508 e. The number of methoxy groups -OCH3 is 1. The Labute approximate surface area is 189 Å². The normalized spacial score (nSPS) is 21.1. The first kappa shape index (κ1) is 21.5. The van der Waals surface area contributed by atoms with Crippen molar-refractivity contribution in [2.45, 2.75) is 37.8 Å². The molecule has 2 aromatic rings. The summed E-state index contributed by atoms with van der Waals surface area (Å²) in [4.78, 5) is 27.8. The number of phenols is 1. The summed E-state index contributed by atoms with van der Waals surface area (Å²) in [5, 5.41) is 21.7. The number of rotatable bonds is 4. The van der Waals surface area contributed by atoms with Gasteiger partial charge in [-0.05, 0) is 42.7 Å². The predicted molar refractivity (Wildman–Crippen MR) is 118 cm³/mol. The molecular formula is C23H21Cl2NO5. The Morgan fingerprint density at radius 2 is 1.84 bits per heavy atom. The van der Waals surface area contributed by atoms with Crippen LogP contribution in [0.4, 0.5) is 0 Å². The minimum atomic E-state index is -0.849. The molecule has 1 atom stereocenters. The van der Waals surface area contributed by atoms with Crippen molar-refractivity contribution >= 4 is 40.7 Å². The average molecular weight is 462 g/mol. The maximum absolute atomic E-state index is 13.1. The summed E-state index contributed by atoms with van der Waals surface area (Å²) in [5.41, 5.74) is 0.563. The van der Waals surface area contributed by atoms with Gasteiger partial charge in [-0.2, -0.15) is 0 Å². The zero-order chi connectivity index (χ0) is 22.3. The Morgan fingerprint density at radius 1 is 1.13 bits per heavy atom. The van der Waals surface area contributed by atoms with E-state index in [0.717, 1.165) is 25.7 Å². The van der Waals surface area contributed by atoms with Crippen molar-refractivity contribution in [3.05, 3.63) is 63.1 Å². The van der Waals surface area contributed by atoms with Crippen molar-refractivity contribution in [3.8, 4) is 11.5 Å². The molecule has 1 aliphatic carbocycles. The van der Waals surface area contributed by atoms with Crippen molar-refractivity contribution < 1.29 is 24.5 Å². The molecule has 1 unspecified atom stereocenters. The molecule has 1 saturated carbocycles. The number of aliphatic hydroxyl groups is 1. The van der Waals surface area contributed by atoms with Gasteiger partial charge in [-0.15, -0.1) is 0 Å². The van der Waals surface area contributed by atoms with Crippen LogP contribution < -0.4 is 4.74 Å². The van der Waals surface area contributed by atoms with Gasteiger partial charge < -0.3 is 19.8 Å². The molecule has 8 heteroatoms. The van der Waals surface area contributed by atoms with Crippen LogP contribution in [-0.2, 0) is 9.59 Å². The Kier molecular flexibility index (Phi) is 5.86. The molecule has 0 aromatic heterocycles. The lowest BCUT2D eigenvalue weighted by Crippen LogP contribution is -2.37. The van der Waals surface area contributed by atoms with Crippen LogP contribution in [0.3, 0.4) is 0 Å². The van der Waals surface area contributed by atoms with E-state index >= 15 is 0 Å². The van der Waals surface area contributed by atoms with Crippen LogP contribution in [0.2, 0.25) is 10.0 Å². The first-order valence-corrected chi connectivity index (χ1v) is 10.7. The lowest BCUT2D eigenvalue weighted by atomic mass is 9.94. The first-order chi connectivity index (χ1) is 14.8. The van der Waals surface area contributed by atoms with Crippen LogP contribution in [0.25, 0.3) is 5.76 Å². The van der Waals surface area contributed by atoms with Crippen LogP contribution in [0.15, 0.2) is 42.0 Å². The molecule has 1 aliphatic heterocycles. The molecule has 2 aromatic carbocycles. The summed E-state index contributed by atoms with van der Waals surface area (Å²) in [6, 6.07) is 8.27. The van der Waals surface area contributed by atoms with Crippen molar-refractivity contribution in [3.63, 3.8) is 0 Å². The molecule has 4 rings (SSSR count). The van der Waals surface area contributed by atoms with Gasteiger partial charge in [-0.1, -0.05) is 48.2 Å². The fourth-order valence-electron chi connectivity index (χ4n) is 4.52. The molecule has 2 aliphatic rings. The van der Waals surface area contributed by atoms with Crippen molar-refractivity contribution in [2.24, 2.45) is 0 Å². The molecule has 162 valence electrons. The van der Waals surface area contributed by atoms with Crippen LogP contribution in [-0.4, -0.2) is 40.0 Å². The van der Waals surface area contributed by atoms with Gasteiger partial charge in [-0.3, -0.25) is 9.59 Å². The highest BCUT2D eigenvalue weighted by Gasteiger charge is 2.49. The van der Waals surface area contributed by atoms with Crippen LogP contribution in [0.1, 0.15) is 42.9 Å². The number of aromatic hydroxyl groups is 1. The summed E-state index contributed by atoms with van der Waals surface area (Å²) in [7, 11) is 1.38. The minimum Gasteiger partial charge on any atom is -0.508 e. The number of halogens is 2. The fourth-order valence-corrected chi connectivity index (χ4v) is 5.09. The number of ether oxygens (including phenoxy) is 1. The van der Waals surface area contributed by atoms with Crippen molar-refractivity contribution in [2.75, 3.05) is 7.11 Å². The van der Waals surface area contributed by atoms with Crippen molar-refractivity contribution in [1.29, 1.82) is 0 Å². The quantitative estimate of drug-likeness (QED) is 0.376. The van der Waals surface area contributed by atoms with Gasteiger partial charge in [0, 0.05) is 11.1 Å². The lowest BCUT2D eigenvalue weighted by Gasteiger charge is -2.30. The van der Waals surface area contributed by atoms with Gasteiger partial charge in [0.2, 0.25) is 0 Å². The molecule has 2 N–H and O–H groups in total. The number of carbonyl (C=O) groups excluding carboxylic acids is 2. The van der Waals surface area contributed by atoms with E-state index < -0.39 is 23.5 Å². The predicted octanol–water partition coefficient (Wildman–Crippen LogP) is 5.07. The zero-order valence-electron chi connectivity index (χ0n) is 16.8. The van der Waals surface area contributed by atoms with E-state index in [1.807, 2.05) is 0 Å². The second kappa shape index (κ2) is 8.44. The maximum Gasteiger partial charge on any atom is 0.295 e. The topological polar surface area (TPSA) is 87.1 Å². The van der Waals surface area contributed by atoms with E-state index in [-0.39, 0.29) is 38.7 Å². The van der Waals surface area contributed by atoms with Crippen LogP contribution >= 0.6 is 23.2 Å². The van der Waals surface area contributed by atoms with E-state index in [4.69, 9.17) is 27.9 Å². The number of Topliss-reactive ketones (excluding diaryl/α,β-unsaturated/α-hetero) is 1. The minimum absolute atomic E-state index is 0.00195.